The minimum atomic E-state index is -0.306. The van der Waals surface area contributed by atoms with Crippen LogP contribution in [0.5, 0.6) is 0 Å². The van der Waals surface area contributed by atoms with Crippen LogP contribution in [0.15, 0.2) is 30.3 Å². The lowest BCUT2D eigenvalue weighted by atomic mass is 9.67. The average Bonchev–Trinajstić information content (AvgIpc) is 2.94. The molecule has 5 heteroatoms. The number of carbonyl (C=O) groups is 2. The van der Waals surface area contributed by atoms with E-state index in [0.29, 0.717) is 18.2 Å². The Morgan fingerprint density at radius 2 is 2.09 bits per heavy atom. The van der Waals surface area contributed by atoms with E-state index in [1.807, 2.05) is 30.3 Å². The van der Waals surface area contributed by atoms with Crippen molar-refractivity contribution < 1.29 is 14.3 Å². The number of amides is 1. The van der Waals surface area contributed by atoms with Crippen LogP contribution in [0.2, 0.25) is 0 Å². The first-order valence-electron chi connectivity index (χ1n) is 7.79. The number of likely N-dealkylation sites (tertiary alicyclic amines) is 1. The van der Waals surface area contributed by atoms with Gasteiger partial charge >= 0.3 is 6.09 Å². The molecule has 22 heavy (non-hydrogen) atoms. The minimum absolute atomic E-state index is 0.0181. The molecule has 4 nitrogen and oxygen atoms in total. The Labute approximate surface area is 135 Å². The molecule has 0 unspecified atom stereocenters. The number of nitrogens with zero attached hydrogens (tertiary/aromatic N) is 1. The van der Waals surface area contributed by atoms with Crippen LogP contribution < -0.4 is 0 Å². The number of fused-ring (bicyclic) bond motifs is 1. The van der Waals surface area contributed by atoms with Gasteiger partial charge in [0, 0.05) is 24.3 Å². The van der Waals surface area contributed by atoms with E-state index in [1.54, 1.807) is 4.90 Å². The van der Waals surface area contributed by atoms with Gasteiger partial charge in [-0.2, -0.15) is 0 Å². The van der Waals surface area contributed by atoms with E-state index in [0.717, 1.165) is 24.8 Å². The molecule has 118 valence electrons. The third kappa shape index (κ3) is 2.84. The second-order valence-corrected chi connectivity index (χ2v) is 6.34. The maximum atomic E-state index is 12.3. The fourth-order valence-electron chi connectivity index (χ4n) is 3.57. The first-order valence-corrected chi connectivity index (χ1v) is 8.33. The lowest BCUT2D eigenvalue weighted by Gasteiger charge is -2.42. The van der Waals surface area contributed by atoms with Crippen molar-refractivity contribution in [3.8, 4) is 0 Å². The van der Waals surface area contributed by atoms with Crippen molar-refractivity contribution in [2.75, 3.05) is 12.4 Å². The number of Topliss-reactive ketones (excluding diaryl/α,β-unsaturated/α-hetero) is 1. The minimum Gasteiger partial charge on any atom is -0.445 e. The van der Waals surface area contributed by atoms with Gasteiger partial charge in [0.25, 0.3) is 0 Å². The summed E-state index contributed by atoms with van der Waals surface area (Å²) in [4.78, 5) is 26.1. The summed E-state index contributed by atoms with van der Waals surface area (Å²) >= 11 is 5.72. The Bertz CT molecular complexity index is 548. The lowest BCUT2D eigenvalue weighted by molar-refractivity contribution is -0.140. The van der Waals surface area contributed by atoms with Gasteiger partial charge < -0.3 is 9.64 Å². The third-order valence-corrected chi connectivity index (χ3v) is 4.95. The van der Waals surface area contributed by atoms with Crippen molar-refractivity contribution in [3.05, 3.63) is 35.9 Å². The van der Waals surface area contributed by atoms with Gasteiger partial charge in [0.2, 0.25) is 0 Å². The number of benzene rings is 1. The quantitative estimate of drug-likeness (QED) is 0.782. The molecule has 2 aliphatic rings. The zero-order valence-electron chi connectivity index (χ0n) is 12.4. The number of hydrogen-bond donors (Lipinski definition) is 0. The van der Waals surface area contributed by atoms with Gasteiger partial charge in [-0.3, -0.25) is 4.79 Å². The standard InChI is InChI=1S/C17H20ClNO3/c18-9-4-7-13-15-14(16(13)20)8-10-19(15)17(21)22-11-12-5-2-1-3-6-12/h1-3,5-6,13-15H,4,7-11H2/t13-,14+,15+/m0/s1. The molecule has 0 bridgehead atoms. The van der Waals surface area contributed by atoms with Crippen LogP contribution in [0.4, 0.5) is 4.79 Å². The lowest BCUT2D eigenvalue weighted by Crippen LogP contribution is -2.56. The summed E-state index contributed by atoms with van der Waals surface area (Å²) in [6.07, 6.45) is 2.04. The fourth-order valence-corrected chi connectivity index (χ4v) is 3.73. The molecule has 3 atom stereocenters. The van der Waals surface area contributed by atoms with E-state index in [-0.39, 0.29) is 30.6 Å². The SMILES string of the molecule is O=C1[C@@H](CCCCl)[C@@H]2[C@H]1CCN2C(=O)OCc1ccccc1. The molecule has 1 aromatic carbocycles. The van der Waals surface area contributed by atoms with Crippen LogP contribution in [-0.4, -0.2) is 35.2 Å². The monoisotopic (exact) mass is 321 g/mol. The molecule has 0 radical (unpaired) electrons. The van der Waals surface area contributed by atoms with Gasteiger partial charge in [-0.1, -0.05) is 30.3 Å². The number of alkyl halides is 1. The van der Waals surface area contributed by atoms with Crippen LogP contribution in [0.1, 0.15) is 24.8 Å². The summed E-state index contributed by atoms with van der Waals surface area (Å²) in [5.41, 5.74) is 0.968. The van der Waals surface area contributed by atoms with Crippen LogP contribution in [-0.2, 0) is 16.1 Å². The normalized spacial score (nSPS) is 26.5. The van der Waals surface area contributed by atoms with E-state index in [4.69, 9.17) is 16.3 Å². The molecule has 0 spiro atoms. The van der Waals surface area contributed by atoms with Crippen LogP contribution >= 0.6 is 11.6 Å². The number of hydrogen-bond acceptors (Lipinski definition) is 3. The molecule has 1 aliphatic heterocycles. The predicted octanol–water partition coefficient (Wildman–Crippen LogP) is 3.23. The summed E-state index contributed by atoms with van der Waals surface area (Å²) in [5.74, 6) is 0.827. The summed E-state index contributed by atoms with van der Waals surface area (Å²) < 4.78 is 5.40. The molecule has 2 fully saturated rings. The van der Waals surface area contributed by atoms with Gasteiger partial charge in [-0.15, -0.1) is 11.6 Å². The van der Waals surface area contributed by atoms with Crippen LogP contribution in [0, 0.1) is 11.8 Å². The summed E-state index contributed by atoms with van der Waals surface area (Å²) in [6.45, 7) is 0.889. The molecule has 1 saturated carbocycles. The Balaban J connectivity index is 1.57. The summed E-state index contributed by atoms with van der Waals surface area (Å²) in [6, 6.07) is 9.65. The molecule has 0 aromatic heterocycles. The second kappa shape index (κ2) is 6.69. The highest BCUT2D eigenvalue weighted by atomic mass is 35.5. The Kier molecular flexibility index (Phi) is 4.67. The smallest absolute Gasteiger partial charge is 0.410 e. The number of carbonyl (C=O) groups excluding carboxylic acids is 2. The number of rotatable bonds is 5. The highest BCUT2D eigenvalue weighted by Crippen LogP contribution is 2.44. The van der Waals surface area contributed by atoms with Crippen molar-refractivity contribution in [3.63, 3.8) is 0 Å². The fraction of sp³-hybridized carbons (Fsp3) is 0.529. The second-order valence-electron chi connectivity index (χ2n) is 5.96. The van der Waals surface area contributed by atoms with Crippen molar-refractivity contribution in [2.24, 2.45) is 11.8 Å². The Hall–Kier alpha value is -1.55. The number of halogens is 1. The van der Waals surface area contributed by atoms with E-state index >= 15 is 0 Å². The first-order chi connectivity index (χ1) is 10.7. The van der Waals surface area contributed by atoms with E-state index < -0.39 is 0 Å². The van der Waals surface area contributed by atoms with E-state index in [1.165, 1.54) is 0 Å². The Morgan fingerprint density at radius 1 is 1.32 bits per heavy atom. The van der Waals surface area contributed by atoms with Crippen LogP contribution in [0.25, 0.3) is 0 Å². The molecular weight excluding hydrogens is 302 g/mol. The maximum Gasteiger partial charge on any atom is 0.410 e. The molecule has 0 N–H and O–H groups in total. The van der Waals surface area contributed by atoms with Crippen molar-refractivity contribution in [1.82, 2.24) is 4.90 Å². The van der Waals surface area contributed by atoms with Gasteiger partial charge in [0.05, 0.1) is 6.04 Å². The maximum absolute atomic E-state index is 12.3. The highest BCUT2D eigenvalue weighted by Gasteiger charge is 2.56. The van der Waals surface area contributed by atoms with Crippen molar-refractivity contribution in [2.45, 2.75) is 31.9 Å². The molecule has 1 aliphatic carbocycles. The largest absolute Gasteiger partial charge is 0.445 e. The predicted molar refractivity (Wildman–Crippen MR) is 83.7 cm³/mol. The molecule has 1 heterocycles. The zero-order chi connectivity index (χ0) is 15.5. The number of ketones is 1. The van der Waals surface area contributed by atoms with Gasteiger partial charge in [-0.05, 0) is 24.8 Å². The average molecular weight is 322 g/mol. The van der Waals surface area contributed by atoms with E-state index in [9.17, 15) is 9.59 Å². The van der Waals surface area contributed by atoms with Gasteiger partial charge in [0.15, 0.2) is 0 Å². The van der Waals surface area contributed by atoms with Gasteiger partial charge in [0.1, 0.15) is 12.4 Å². The number of ether oxygens (including phenoxy) is 1. The highest BCUT2D eigenvalue weighted by molar-refractivity contribution is 6.17. The van der Waals surface area contributed by atoms with E-state index in [2.05, 4.69) is 0 Å². The Morgan fingerprint density at radius 3 is 2.82 bits per heavy atom. The summed E-state index contributed by atoms with van der Waals surface area (Å²) in [7, 11) is 0. The molecule has 1 saturated heterocycles. The topological polar surface area (TPSA) is 46.6 Å². The molecular formula is C17H20ClNO3. The third-order valence-electron chi connectivity index (χ3n) is 4.68. The molecule has 3 rings (SSSR count). The molecule has 1 amide bonds. The van der Waals surface area contributed by atoms with Crippen molar-refractivity contribution >= 4 is 23.5 Å². The summed E-state index contributed by atoms with van der Waals surface area (Å²) in [5, 5.41) is 0. The first kappa shape index (κ1) is 15.3. The van der Waals surface area contributed by atoms with Crippen molar-refractivity contribution in [1.29, 1.82) is 0 Å². The zero-order valence-corrected chi connectivity index (χ0v) is 13.2. The van der Waals surface area contributed by atoms with Crippen LogP contribution in [0.3, 0.4) is 0 Å². The van der Waals surface area contributed by atoms with Gasteiger partial charge in [-0.25, -0.2) is 4.79 Å². The molecule has 1 aromatic rings.